The third-order valence-electron chi connectivity index (χ3n) is 7.89. The SMILES string of the molecule is [CH2-]c1c(N=Nc2cc(S(=O)(=O)[O-])ccc2O)c(S(=O)(=O)[O-])cc2cc(Nc3ccc4c(O)c(N=Nc5cc(SOONC)ccc5O)c(SOO[O-])cc4c3)ccc12.[Cu].[Cu].[Na+].[Na+].[Na+]. The maximum absolute atomic E-state index is 12.4. The number of phenols is 3. The zero-order valence-electron chi connectivity index (χ0n) is 32.6. The second kappa shape index (κ2) is 26.1. The summed E-state index contributed by atoms with van der Waals surface area (Å²) in [4.78, 5) is 3.61. The molecule has 0 aliphatic carbocycles. The van der Waals surface area contributed by atoms with Gasteiger partial charge in [-0.15, -0.1) is 31.0 Å². The van der Waals surface area contributed by atoms with Crippen LogP contribution in [0.25, 0.3) is 21.5 Å². The van der Waals surface area contributed by atoms with Crippen LogP contribution in [0.2, 0.25) is 0 Å². The van der Waals surface area contributed by atoms with Crippen LogP contribution in [0.3, 0.4) is 0 Å². The van der Waals surface area contributed by atoms with E-state index >= 15 is 0 Å². The first-order chi connectivity index (χ1) is 27.6. The molecule has 0 heterocycles. The van der Waals surface area contributed by atoms with Crippen LogP contribution in [0.4, 0.5) is 34.1 Å². The number of benzene rings is 6. The third-order valence-corrected chi connectivity index (χ3v) is 10.8. The molecule has 20 nitrogen and oxygen atoms in total. The summed E-state index contributed by atoms with van der Waals surface area (Å²) in [5.74, 6) is -1.20. The minimum Gasteiger partial charge on any atom is -0.745 e. The first-order valence-corrected chi connectivity index (χ1v) is 20.1. The Kier molecular flexibility index (Phi) is 24.6. The Morgan fingerprint density at radius 2 is 1.24 bits per heavy atom. The van der Waals surface area contributed by atoms with E-state index in [0.29, 0.717) is 44.5 Å². The molecule has 6 aromatic carbocycles. The Morgan fingerprint density at radius 1 is 0.667 bits per heavy atom. The van der Waals surface area contributed by atoms with Crippen LogP contribution in [0, 0.1) is 6.92 Å². The van der Waals surface area contributed by atoms with E-state index in [1.165, 1.54) is 37.4 Å². The number of nitrogens with one attached hydrogen (secondary N) is 2. The average Bonchev–Trinajstić information content (AvgIpc) is 3.17. The monoisotopic (exact) mass is 1060 g/mol. The zero-order valence-corrected chi connectivity index (χ0v) is 43.8. The number of rotatable bonds is 15. The van der Waals surface area contributed by atoms with Gasteiger partial charge in [-0.05, 0) is 77.8 Å². The summed E-state index contributed by atoms with van der Waals surface area (Å²) in [6.07, 6.45) is 0. The largest absolute Gasteiger partial charge is 1.00 e. The Bertz CT molecular complexity index is 2870. The summed E-state index contributed by atoms with van der Waals surface area (Å²) in [6.45, 7) is 3.87. The van der Waals surface area contributed by atoms with Gasteiger partial charge >= 0.3 is 88.7 Å². The molecule has 0 amide bonds. The van der Waals surface area contributed by atoms with E-state index in [0.717, 1.165) is 36.3 Å². The molecule has 0 aliphatic rings. The first kappa shape index (κ1) is 59.4. The van der Waals surface area contributed by atoms with Gasteiger partial charge in [-0.2, -0.15) is 27.4 Å². The molecule has 63 heavy (non-hydrogen) atoms. The van der Waals surface area contributed by atoms with Gasteiger partial charge in [0.2, 0.25) is 0 Å². The van der Waals surface area contributed by atoms with E-state index < -0.39 is 47.2 Å². The number of hydroxylamine groups is 1. The van der Waals surface area contributed by atoms with Gasteiger partial charge in [0.05, 0.1) is 33.9 Å². The molecule has 29 heteroatoms. The van der Waals surface area contributed by atoms with Crippen LogP contribution >= 0.6 is 24.1 Å². The van der Waals surface area contributed by atoms with Crippen molar-refractivity contribution in [2.45, 2.75) is 19.6 Å². The summed E-state index contributed by atoms with van der Waals surface area (Å²) in [5.41, 5.74) is 2.03. The Morgan fingerprint density at radius 3 is 1.83 bits per heavy atom. The smallest absolute Gasteiger partial charge is 0.745 e. The quantitative estimate of drug-likeness (QED) is 0.0109. The van der Waals surface area contributed by atoms with Crippen LogP contribution in [0.15, 0.2) is 125 Å². The molecule has 6 aromatic rings. The van der Waals surface area contributed by atoms with Crippen LogP contribution in [-0.4, -0.2) is 48.3 Å². The Labute approximate surface area is 454 Å². The Balaban J connectivity index is 0.00000397. The second-order valence-electron chi connectivity index (χ2n) is 11.5. The topological polar surface area (TPSA) is 309 Å². The van der Waals surface area contributed by atoms with Crippen molar-refractivity contribution in [3.63, 3.8) is 0 Å². The van der Waals surface area contributed by atoms with Crippen LogP contribution in [-0.2, 0) is 73.1 Å². The third kappa shape index (κ3) is 15.0. The number of phenolic OH excluding ortho intramolecular Hbond substituents is 3. The van der Waals surface area contributed by atoms with Gasteiger partial charge in [0.1, 0.15) is 48.8 Å². The predicted molar refractivity (Wildman–Crippen MR) is 203 cm³/mol. The molecule has 0 aromatic heterocycles. The van der Waals surface area contributed by atoms with Crippen molar-refractivity contribution < 1.29 is 188 Å². The van der Waals surface area contributed by atoms with Crippen molar-refractivity contribution in [1.29, 1.82) is 0 Å². The number of fused-ring (bicyclic) bond motifs is 2. The predicted octanol–water partition coefficient (Wildman–Crippen LogP) is -2.00. The number of aromatic hydroxyl groups is 3. The number of hydrogen-bond acceptors (Lipinski definition) is 22. The summed E-state index contributed by atoms with van der Waals surface area (Å²) < 4.78 is 80.8. The van der Waals surface area contributed by atoms with E-state index in [9.17, 15) is 46.5 Å². The van der Waals surface area contributed by atoms with E-state index in [4.69, 9.17) is 4.33 Å². The van der Waals surface area contributed by atoms with Crippen LogP contribution in [0.5, 0.6) is 17.2 Å². The van der Waals surface area contributed by atoms with Crippen LogP contribution < -0.4 is 105 Å². The average molecular weight is 1060 g/mol. The molecule has 5 N–H and O–H groups in total. The standard InChI is InChI=1S/C34H27N6O14S4.2Cu.3Na/c1-17-24-7-3-20(12-19(24)14-31(58(48,49)50)32(17)39-38-27-16-23(57(45,46)47)6-10-29(27)42)36-21-4-8-25-18(11-21)13-30(56-54-52-44)33(34(25)43)40-37-26-15-22(5-9-28(26)41)55-53-51-35-2;;;;;/h3-16,35-36,41-44H,1H2,2H3,(H,45,46,47)(H,48,49,50);;;;;/q-1;;;3*+1/p-3. The molecule has 324 valence electrons. The normalized spacial score (nSPS) is 11.4. The molecule has 0 saturated carbocycles. The van der Waals surface area contributed by atoms with Gasteiger partial charge in [-0.3, -0.25) is 5.04 Å². The first-order valence-electron chi connectivity index (χ1n) is 15.8. The van der Waals surface area contributed by atoms with Gasteiger partial charge < -0.3 is 35.0 Å². The molecule has 0 unspecified atom stereocenters. The van der Waals surface area contributed by atoms with Gasteiger partial charge in [0.25, 0.3) is 0 Å². The molecule has 0 atom stereocenters. The van der Waals surface area contributed by atoms with Crippen molar-refractivity contribution >= 4 is 100.0 Å². The van der Waals surface area contributed by atoms with Gasteiger partial charge in [-0.1, -0.05) is 17.5 Å². The number of hydrogen-bond donors (Lipinski definition) is 5. The summed E-state index contributed by atoms with van der Waals surface area (Å²) in [5, 5.41) is 66.0. The fourth-order valence-electron chi connectivity index (χ4n) is 5.30. The Hall–Kier alpha value is -1.57. The maximum atomic E-state index is 12.4. The number of anilines is 2. The van der Waals surface area contributed by atoms with E-state index in [2.05, 4.69) is 52.5 Å². The van der Waals surface area contributed by atoms with Crippen molar-refractivity contribution in [2.75, 3.05) is 12.4 Å². The van der Waals surface area contributed by atoms with E-state index in [1.807, 2.05) is 0 Å². The van der Waals surface area contributed by atoms with Crippen molar-refractivity contribution in [2.24, 2.45) is 20.5 Å². The summed E-state index contributed by atoms with van der Waals surface area (Å²) in [7, 11) is -8.66. The molecule has 2 radical (unpaired) electrons. The molecular weight excluding hydrogens is 1040 g/mol. The van der Waals surface area contributed by atoms with Crippen molar-refractivity contribution in [3.8, 4) is 17.2 Å². The van der Waals surface area contributed by atoms with Crippen molar-refractivity contribution in [1.82, 2.24) is 5.48 Å². The van der Waals surface area contributed by atoms with Crippen molar-refractivity contribution in [3.05, 3.63) is 97.4 Å². The molecular formula is C34H24Cu2N6Na3O14S4-. The fourth-order valence-corrected chi connectivity index (χ4v) is 7.42. The number of azo groups is 2. The van der Waals surface area contributed by atoms with Gasteiger partial charge in [-0.25, -0.2) is 21.9 Å². The molecule has 6 rings (SSSR count). The number of nitrogens with zero attached hydrogens (tertiary/aromatic N) is 4. The molecule has 0 bridgehead atoms. The van der Waals surface area contributed by atoms with E-state index in [-0.39, 0.29) is 162 Å². The molecule has 0 fully saturated rings. The zero-order chi connectivity index (χ0) is 41.8. The summed E-state index contributed by atoms with van der Waals surface area (Å²) >= 11 is 1.24. The minimum absolute atomic E-state index is 0. The molecule has 0 aliphatic heterocycles. The van der Waals surface area contributed by atoms with E-state index in [1.54, 1.807) is 30.3 Å². The maximum Gasteiger partial charge on any atom is 1.00 e. The van der Waals surface area contributed by atoms with Gasteiger partial charge in [0.15, 0.2) is 5.75 Å². The molecule has 0 saturated heterocycles. The van der Waals surface area contributed by atoms with Gasteiger partial charge in [0, 0.05) is 67.7 Å². The second-order valence-corrected chi connectivity index (χ2v) is 15.8. The van der Waals surface area contributed by atoms with Crippen LogP contribution in [0.1, 0.15) is 5.56 Å². The molecule has 0 spiro atoms. The minimum atomic E-state index is -5.21. The fraction of sp³-hybridized carbons (Fsp3) is 0.0294. The summed E-state index contributed by atoms with van der Waals surface area (Å²) in [6, 6.07) is 18.8.